The monoisotopic (exact) mass is 382 g/mol. The van der Waals surface area contributed by atoms with Gasteiger partial charge in [-0.1, -0.05) is 64.1 Å². The number of carbonyl (C=O) groups excluding carboxylic acids is 3. The Morgan fingerprint density at radius 3 is 2.39 bits per heavy atom. The summed E-state index contributed by atoms with van der Waals surface area (Å²) in [5.41, 5.74) is 1.17. The molecule has 1 aromatic carbocycles. The standard InChI is InChI=1S/C24H30O4/c1-16-22(20-12-13-24(16,4)23(20,2)3)28-21(27)15-19(26)14-18(25)11-10-17-8-6-5-7-9-17/h5-11,16,20,22H,12-15H2,1-4H3/b11-10+. The van der Waals surface area contributed by atoms with Crippen LogP contribution in [0, 0.1) is 22.7 Å². The van der Waals surface area contributed by atoms with Crippen molar-refractivity contribution in [3.8, 4) is 0 Å². The molecule has 2 bridgehead atoms. The minimum Gasteiger partial charge on any atom is -0.461 e. The minimum atomic E-state index is -0.506. The first kappa shape index (κ1) is 20.5. The highest BCUT2D eigenvalue weighted by Gasteiger charge is 2.65. The van der Waals surface area contributed by atoms with Crippen LogP contribution in [0.4, 0.5) is 0 Å². The van der Waals surface area contributed by atoms with Gasteiger partial charge < -0.3 is 4.74 Å². The van der Waals surface area contributed by atoms with Crippen molar-refractivity contribution in [1.82, 2.24) is 0 Å². The number of Topliss-reactive ketones (excluding diaryl/α,β-unsaturated/α-hetero) is 1. The highest BCUT2D eigenvalue weighted by Crippen LogP contribution is 2.68. The summed E-state index contributed by atoms with van der Waals surface area (Å²) < 4.78 is 5.75. The van der Waals surface area contributed by atoms with E-state index in [-0.39, 0.29) is 41.5 Å². The molecule has 0 saturated heterocycles. The number of hydrogen-bond acceptors (Lipinski definition) is 4. The molecule has 4 nitrogen and oxygen atoms in total. The van der Waals surface area contributed by atoms with E-state index < -0.39 is 11.8 Å². The quantitative estimate of drug-likeness (QED) is 0.392. The molecule has 2 aliphatic rings. The molecule has 0 spiro atoms. The zero-order valence-corrected chi connectivity index (χ0v) is 17.2. The van der Waals surface area contributed by atoms with Crippen molar-refractivity contribution < 1.29 is 19.1 Å². The molecule has 4 heteroatoms. The molecule has 1 aromatic rings. The Kier molecular flexibility index (Phi) is 5.60. The van der Waals surface area contributed by atoms with Gasteiger partial charge >= 0.3 is 5.97 Å². The largest absolute Gasteiger partial charge is 0.461 e. The molecule has 2 saturated carbocycles. The molecule has 0 radical (unpaired) electrons. The van der Waals surface area contributed by atoms with Crippen LogP contribution in [0.1, 0.15) is 58.9 Å². The van der Waals surface area contributed by atoms with Crippen LogP contribution in [0.5, 0.6) is 0 Å². The average molecular weight is 383 g/mol. The summed E-state index contributed by atoms with van der Waals surface area (Å²) in [6.07, 6.45) is 4.53. The lowest BCUT2D eigenvalue weighted by Gasteiger charge is -2.38. The van der Waals surface area contributed by atoms with Gasteiger partial charge in [0, 0.05) is 5.92 Å². The molecular formula is C24H30O4. The van der Waals surface area contributed by atoms with Gasteiger partial charge in [0.05, 0.1) is 6.42 Å². The Hall–Kier alpha value is -2.23. The van der Waals surface area contributed by atoms with Crippen molar-refractivity contribution >= 4 is 23.6 Å². The normalized spacial score (nSPS) is 30.5. The third-order valence-corrected chi connectivity index (χ3v) is 7.51. The lowest BCUT2D eigenvalue weighted by molar-refractivity contribution is -0.156. The van der Waals surface area contributed by atoms with Gasteiger partial charge in [-0.15, -0.1) is 0 Å². The smallest absolute Gasteiger partial charge is 0.313 e. The Morgan fingerprint density at radius 1 is 1.11 bits per heavy atom. The average Bonchev–Trinajstić information content (AvgIpc) is 2.94. The number of allylic oxidation sites excluding steroid dienone is 1. The Balaban J connectivity index is 1.51. The van der Waals surface area contributed by atoms with E-state index in [1.54, 1.807) is 6.08 Å². The summed E-state index contributed by atoms with van der Waals surface area (Å²) in [5, 5.41) is 0. The van der Waals surface area contributed by atoms with Crippen molar-refractivity contribution in [3.63, 3.8) is 0 Å². The van der Waals surface area contributed by atoms with Crippen molar-refractivity contribution in [2.75, 3.05) is 0 Å². The Labute approximate surface area is 167 Å². The topological polar surface area (TPSA) is 60.4 Å². The van der Waals surface area contributed by atoms with Gasteiger partial charge in [0.25, 0.3) is 0 Å². The van der Waals surface area contributed by atoms with E-state index in [0.717, 1.165) is 18.4 Å². The second-order valence-electron chi connectivity index (χ2n) is 9.13. The van der Waals surface area contributed by atoms with Crippen LogP contribution < -0.4 is 0 Å². The third kappa shape index (κ3) is 3.69. The van der Waals surface area contributed by atoms with Gasteiger partial charge in [0.15, 0.2) is 11.6 Å². The minimum absolute atomic E-state index is 0.125. The fraction of sp³-hybridized carbons (Fsp3) is 0.542. The maximum Gasteiger partial charge on any atom is 0.313 e. The summed E-state index contributed by atoms with van der Waals surface area (Å²) in [7, 11) is 0. The van der Waals surface area contributed by atoms with E-state index >= 15 is 0 Å². The van der Waals surface area contributed by atoms with E-state index in [9.17, 15) is 14.4 Å². The van der Waals surface area contributed by atoms with Gasteiger partial charge in [0.2, 0.25) is 0 Å². The number of esters is 1. The lowest BCUT2D eigenvalue weighted by Crippen LogP contribution is -2.35. The molecule has 0 amide bonds. The molecule has 0 heterocycles. The Morgan fingerprint density at radius 2 is 1.79 bits per heavy atom. The fourth-order valence-corrected chi connectivity index (χ4v) is 5.27. The number of ether oxygens (including phenoxy) is 1. The van der Waals surface area contributed by atoms with Gasteiger partial charge in [-0.3, -0.25) is 14.4 Å². The van der Waals surface area contributed by atoms with Gasteiger partial charge in [-0.25, -0.2) is 0 Å². The molecule has 0 aliphatic heterocycles. The number of ketones is 2. The molecule has 150 valence electrons. The molecule has 28 heavy (non-hydrogen) atoms. The molecule has 0 aromatic heterocycles. The molecule has 2 aliphatic carbocycles. The second kappa shape index (κ2) is 7.65. The first-order valence-corrected chi connectivity index (χ1v) is 10.1. The van der Waals surface area contributed by atoms with Crippen LogP contribution in [0.15, 0.2) is 36.4 Å². The number of hydrogen-bond donors (Lipinski definition) is 0. The van der Waals surface area contributed by atoms with Gasteiger partial charge in [-0.05, 0) is 41.2 Å². The molecule has 4 atom stereocenters. The van der Waals surface area contributed by atoms with Crippen LogP contribution in [-0.4, -0.2) is 23.6 Å². The van der Waals surface area contributed by atoms with Crippen LogP contribution >= 0.6 is 0 Å². The first-order chi connectivity index (χ1) is 13.1. The van der Waals surface area contributed by atoms with E-state index in [1.165, 1.54) is 6.08 Å². The second-order valence-corrected chi connectivity index (χ2v) is 9.13. The van der Waals surface area contributed by atoms with Crippen LogP contribution in [0.2, 0.25) is 0 Å². The van der Waals surface area contributed by atoms with Crippen LogP contribution in [0.3, 0.4) is 0 Å². The highest BCUT2D eigenvalue weighted by atomic mass is 16.5. The molecule has 0 N–H and O–H groups in total. The van der Waals surface area contributed by atoms with Crippen LogP contribution in [0.25, 0.3) is 6.08 Å². The van der Waals surface area contributed by atoms with Gasteiger partial charge in [0.1, 0.15) is 12.5 Å². The van der Waals surface area contributed by atoms with E-state index in [0.29, 0.717) is 5.92 Å². The number of carbonyl (C=O) groups is 3. The van der Waals surface area contributed by atoms with E-state index in [1.807, 2.05) is 30.3 Å². The fourth-order valence-electron chi connectivity index (χ4n) is 5.27. The Bertz CT molecular complexity index is 792. The summed E-state index contributed by atoms with van der Waals surface area (Å²) >= 11 is 0. The molecule has 3 rings (SSSR count). The van der Waals surface area contributed by atoms with Gasteiger partial charge in [-0.2, -0.15) is 0 Å². The zero-order valence-electron chi connectivity index (χ0n) is 17.2. The maximum absolute atomic E-state index is 12.3. The zero-order chi connectivity index (χ0) is 20.5. The first-order valence-electron chi connectivity index (χ1n) is 10.1. The predicted octanol–water partition coefficient (Wildman–Crippen LogP) is 4.62. The number of fused-ring (bicyclic) bond motifs is 2. The number of benzene rings is 1. The van der Waals surface area contributed by atoms with Crippen molar-refractivity contribution in [1.29, 1.82) is 0 Å². The molecule has 2 fully saturated rings. The SMILES string of the molecule is CC1C(OC(=O)CC(=O)CC(=O)/C=C/c2ccccc2)C2CCC1(C)C2(C)C. The summed E-state index contributed by atoms with van der Waals surface area (Å²) in [5.74, 6) is -0.594. The lowest BCUT2D eigenvalue weighted by atomic mass is 9.67. The maximum atomic E-state index is 12.3. The van der Waals surface area contributed by atoms with Crippen molar-refractivity contribution in [3.05, 3.63) is 42.0 Å². The summed E-state index contributed by atoms with van der Waals surface area (Å²) in [4.78, 5) is 36.4. The molecule has 4 unspecified atom stereocenters. The summed E-state index contributed by atoms with van der Waals surface area (Å²) in [6.45, 7) is 8.96. The van der Waals surface area contributed by atoms with E-state index in [4.69, 9.17) is 4.74 Å². The predicted molar refractivity (Wildman–Crippen MR) is 108 cm³/mol. The van der Waals surface area contributed by atoms with E-state index in [2.05, 4.69) is 27.7 Å². The highest BCUT2D eigenvalue weighted by molar-refractivity contribution is 6.10. The van der Waals surface area contributed by atoms with Crippen molar-refractivity contribution in [2.24, 2.45) is 22.7 Å². The third-order valence-electron chi connectivity index (χ3n) is 7.51. The molecular weight excluding hydrogens is 352 g/mol. The van der Waals surface area contributed by atoms with Crippen LogP contribution in [-0.2, 0) is 19.1 Å². The van der Waals surface area contributed by atoms with Crippen molar-refractivity contribution in [2.45, 2.75) is 59.5 Å². The summed E-state index contributed by atoms with van der Waals surface area (Å²) in [6, 6.07) is 9.41. The number of rotatable bonds is 7.